The van der Waals surface area contributed by atoms with Crippen LogP contribution < -0.4 is 5.32 Å². The maximum absolute atomic E-state index is 11.6. The van der Waals surface area contributed by atoms with E-state index in [1.807, 2.05) is 6.92 Å². The molecule has 1 amide bonds. The van der Waals surface area contributed by atoms with Gasteiger partial charge in [0.05, 0.1) is 11.7 Å². The van der Waals surface area contributed by atoms with Gasteiger partial charge in [-0.2, -0.15) is 0 Å². The lowest BCUT2D eigenvalue weighted by Gasteiger charge is -2.09. The monoisotopic (exact) mass is 251 g/mol. The number of benzene rings is 1. The summed E-state index contributed by atoms with van der Waals surface area (Å²) in [5.74, 6) is -1.09. The Morgan fingerprint density at radius 1 is 1.33 bits per heavy atom. The minimum atomic E-state index is -0.984. The summed E-state index contributed by atoms with van der Waals surface area (Å²) in [5, 5.41) is 11.4. The summed E-state index contributed by atoms with van der Waals surface area (Å²) >= 11 is 0. The second-order valence-corrected chi connectivity index (χ2v) is 4.02. The summed E-state index contributed by atoms with van der Waals surface area (Å²) in [4.78, 5) is 22.2. The van der Waals surface area contributed by atoms with E-state index in [-0.39, 0.29) is 17.6 Å². The Bertz CT molecular complexity index is 414. The van der Waals surface area contributed by atoms with Gasteiger partial charge in [-0.15, -0.1) is 0 Å². The molecule has 0 aromatic heterocycles. The molecule has 0 aliphatic rings. The van der Waals surface area contributed by atoms with Crippen LogP contribution in [0.3, 0.4) is 0 Å². The Kier molecular flexibility index (Phi) is 5.32. The van der Waals surface area contributed by atoms with Gasteiger partial charge in [0.1, 0.15) is 0 Å². The molecule has 1 unspecified atom stereocenters. The third-order valence-electron chi connectivity index (χ3n) is 2.60. The molecule has 0 spiro atoms. The number of hydrogen-bond acceptors (Lipinski definition) is 3. The quantitative estimate of drug-likeness (QED) is 0.812. The maximum Gasteiger partial charge on any atom is 0.335 e. The van der Waals surface area contributed by atoms with E-state index in [4.69, 9.17) is 9.84 Å². The Labute approximate surface area is 106 Å². The highest BCUT2D eigenvalue weighted by Crippen LogP contribution is 2.10. The number of carbonyl (C=O) groups is 2. The lowest BCUT2D eigenvalue weighted by Crippen LogP contribution is -2.15. The van der Waals surface area contributed by atoms with Crippen molar-refractivity contribution in [3.63, 3.8) is 0 Å². The van der Waals surface area contributed by atoms with Crippen LogP contribution in [0.5, 0.6) is 0 Å². The van der Waals surface area contributed by atoms with E-state index in [1.165, 1.54) is 12.1 Å². The normalized spacial score (nSPS) is 11.9. The molecule has 0 fully saturated rings. The van der Waals surface area contributed by atoms with E-state index in [9.17, 15) is 9.59 Å². The fraction of sp³-hybridized carbons (Fsp3) is 0.385. The Morgan fingerprint density at radius 2 is 1.94 bits per heavy atom. The summed E-state index contributed by atoms with van der Waals surface area (Å²) in [6, 6.07) is 6.05. The third-order valence-corrected chi connectivity index (χ3v) is 2.60. The first-order chi connectivity index (χ1) is 8.52. The first-order valence-electron chi connectivity index (χ1n) is 5.69. The second kappa shape index (κ2) is 6.76. The van der Waals surface area contributed by atoms with Gasteiger partial charge < -0.3 is 15.2 Å². The van der Waals surface area contributed by atoms with Gasteiger partial charge in [0.2, 0.25) is 5.91 Å². The highest BCUT2D eigenvalue weighted by Gasteiger charge is 2.07. The van der Waals surface area contributed by atoms with E-state index in [0.29, 0.717) is 18.5 Å². The van der Waals surface area contributed by atoms with Gasteiger partial charge in [-0.25, -0.2) is 4.79 Å². The summed E-state index contributed by atoms with van der Waals surface area (Å²) < 4.78 is 5.05. The zero-order chi connectivity index (χ0) is 13.5. The van der Waals surface area contributed by atoms with Crippen LogP contribution in [-0.2, 0) is 9.53 Å². The van der Waals surface area contributed by atoms with Crippen molar-refractivity contribution in [2.45, 2.75) is 25.9 Å². The number of aromatic carboxylic acids is 1. The molecule has 98 valence electrons. The van der Waals surface area contributed by atoms with E-state index in [2.05, 4.69) is 5.32 Å². The van der Waals surface area contributed by atoms with Crippen molar-refractivity contribution in [1.29, 1.82) is 0 Å². The summed E-state index contributed by atoms with van der Waals surface area (Å²) in [5.41, 5.74) is 0.788. The molecule has 5 heteroatoms. The Hall–Kier alpha value is -1.88. The molecule has 1 rings (SSSR count). The van der Waals surface area contributed by atoms with E-state index in [1.54, 1.807) is 19.2 Å². The SMILES string of the molecule is COC(C)CCC(=O)Nc1ccc(C(=O)O)cc1. The topological polar surface area (TPSA) is 75.6 Å². The van der Waals surface area contributed by atoms with Gasteiger partial charge in [-0.3, -0.25) is 4.79 Å². The average molecular weight is 251 g/mol. The molecule has 0 saturated heterocycles. The van der Waals surface area contributed by atoms with Crippen molar-refractivity contribution < 1.29 is 19.4 Å². The first-order valence-corrected chi connectivity index (χ1v) is 5.69. The van der Waals surface area contributed by atoms with Crippen LogP contribution >= 0.6 is 0 Å². The predicted molar refractivity (Wildman–Crippen MR) is 67.7 cm³/mol. The van der Waals surface area contributed by atoms with Crippen LogP contribution in [0.2, 0.25) is 0 Å². The highest BCUT2D eigenvalue weighted by atomic mass is 16.5. The third kappa shape index (κ3) is 4.55. The molecule has 0 radical (unpaired) electrons. The summed E-state index contributed by atoms with van der Waals surface area (Å²) in [6.07, 6.45) is 1.07. The number of carboxylic acid groups (broad SMARTS) is 1. The first kappa shape index (κ1) is 14.2. The molecular formula is C13H17NO4. The zero-order valence-electron chi connectivity index (χ0n) is 10.5. The van der Waals surface area contributed by atoms with Crippen molar-refractivity contribution >= 4 is 17.6 Å². The Morgan fingerprint density at radius 3 is 2.44 bits per heavy atom. The van der Waals surface area contributed by atoms with Crippen LogP contribution in [0.4, 0.5) is 5.69 Å². The van der Waals surface area contributed by atoms with Crippen LogP contribution in [0, 0.1) is 0 Å². The smallest absolute Gasteiger partial charge is 0.335 e. The van der Waals surface area contributed by atoms with Gasteiger partial charge in [-0.05, 0) is 37.6 Å². The lowest BCUT2D eigenvalue weighted by atomic mass is 10.2. The summed E-state index contributed by atoms with van der Waals surface area (Å²) in [6.45, 7) is 1.90. The molecule has 0 saturated carbocycles. The van der Waals surface area contributed by atoms with Crippen molar-refractivity contribution in [2.75, 3.05) is 12.4 Å². The Balaban J connectivity index is 2.47. The molecule has 0 bridgehead atoms. The molecule has 2 N–H and O–H groups in total. The zero-order valence-corrected chi connectivity index (χ0v) is 10.5. The maximum atomic E-state index is 11.6. The van der Waals surface area contributed by atoms with E-state index < -0.39 is 5.97 Å². The lowest BCUT2D eigenvalue weighted by molar-refractivity contribution is -0.116. The molecule has 18 heavy (non-hydrogen) atoms. The van der Waals surface area contributed by atoms with E-state index >= 15 is 0 Å². The highest BCUT2D eigenvalue weighted by molar-refractivity contribution is 5.92. The number of anilines is 1. The number of hydrogen-bond donors (Lipinski definition) is 2. The van der Waals surface area contributed by atoms with Gasteiger partial charge in [-0.1, -0.05) is 0 Å². The van der Waals surface area contributed by atoms with Crippen LogP contribution in [-0.4, -0.2) is 30.2 Å². The fourth-order valence-corrected chi connectivity index (χ4v) is 1.37. The number of carbonyl (C=O) groups excluding carboxylic acids is 1. The van der Waals surface area contributed by atoms with Crippen molar-refractivity contribution in [2.24, 2.45) is 0 Å². The molecule has 1 aromatic carbocycles. The van der Waals surface area contributed by atoms with Crippen molar-refractivity contribution in [3.05, 3.63) is 29.8 Å². The minimum absolute atomic E-state index is 0.0464. The number of rotatable bonds is 6. The van der Waals surface area contributed by atoms with Crippen molar-refractivity contribution in [3.8, 4) is 0 Å². The number of carboxylic acids is 1. The second-order valence-electron chi connectivity index (χ2n) is 4.02. The standard InChI is InChI=1S/C13H17NO4/c1-9(18-2)3-8-12(15)14-11-6-4-10(5-7-11)13(16)17/h4-7,9H,3,8H2,1-2H3,(H,14,15)(H,16,17). The number of nitrogens with one attached hydrogen (secondary N) is 1. The molecule has 5 nitrogen and oxygen atoms in total. The van der Waals surface area contributed by atoms with Gasteiger partial charge >= 0.3 is 5.97 Å². The number of amides is 1. The molecule has 1 aromatic rings. The molecule has 0 heterocycles. The van der Waals surface area contributed by atoms with Crippen LogP contribution in [0.1, 0.15) is 30.1 Å². The predicted octanol–water partition coefficient (Wildman–Crippen LogP) is 2.14. The van der Waals surface area contributed by atoms with Crippen LogP contribution in [0.15, 0.2) is 24.3 Å². The van der Waals surface area contributed by atoms with Crippen molar-refractivity contribution in [1.82, 2.24) is 0 Å². The number of methoxy groups -OCH3 is 1. The number of ether oxygens (including phenoxy) is 1. The molecule has 1 atom stereocenters. The van der Waals surface area contributed by atoms with Crippen LogP contribution in [0.25, 0.3) is 0 Å². The minimum Gasteiger partial charge on any atom is -0.478 e. The van der Waals surface area contributed by atoms with Gasteiger partial charge in [0, 0.05) is 19.2 Å². The molecule has 0 aliphatic heterocycles. The van der Waals surface area contributed by atoms with Gasteiger partial charge in [0.25, 0.3) is 0 Å². The molecular weight excluding hydrogens is 234 g/mol. The summed E-state index contributed by atoms with van der Waals surface area (Å²) in [7, 11) is 1.60. The molecule has 0 aliphatic carbocycles. The fourth-order valence-electron chi connectivity index (χ4n) is 1.37. The average Bonchev–Trinajstić information content (AvgIpc) is 2.36. The van der Waals surface area contributed by atoms with E-state index in [0.717, 1.165) is 0 Å². The largest absolute Gasteiger partial charge is 0.478 e. The van der Waals surface area contributed by atoms with Gasteiger partial charge in [0.15, 0.2) is 0 Å².